The van der Waals surface area contributed by atoms with Gasteiger partial charge in [-0.05, 0) is 38.1 Å². The van der Waals surface area contributed by atoms with E-state index >= 15 is 0 Å². The van der Waals surface area contributed by atoms with E-state index in [9.17, 15) is 5.11 Å². The van der Waals surface area contributed by atoms with Crippen LogP contribution in [0.1, 0.15) is 31.9 Å². The van der Waals surface area contributed by atoms with Crippen LogP contribution in [0.5, 0.6) is 5.75 Å². The van der Waals surface area contributed by atoms with Gasteiger partial charge in [-0.25, -0.2) is 0 Å². The molecule has 1 N–H and O–H groups in total. The number of aromatic hydroxyl groups is 1. The molecule has 0 aromatic heterocycles. The SMILES string of the molecule is CCOCCN(C)C(CC)c1ccc(O)cc1. The molecule has 1 aromatic carbocycles. The molecule has 0 bridgehead atoms. The summed E-state index contributed by atoms with van der Waals surface area (Å²) in [4.78, 5) is 2.29. The van der Waals surface area contributed by atoms with E-state index in [1.807, 2.05) is 19.1 Å². The standard InChI is InChI=1S/C14H23NO2/c1-4-14(15(3)10-11-17-5-2)12-6-8-13(16)9-7-12/h6-9,14,16H,4-5,10-11H2,1-3H3. The van der Waals surface area contributed by atoms with Crippen LogP contribution in [-0.2, 0) is 4.74 Å². The zero-order valence-corrected chi connectivity index (χ0v) is 11.0. The van der Waals surface area contributed by atoms with Crippen LogP contribution in [0.4, 0.5) is 0 Å². The van der Waals surface area contributed by atoms with Crippen molar-refractivity contribution in [3.63, 3.8) is 0 Å². The van der Waals surface area contributed by atoms with Crippen molar-refractivity contribution in [3.05, 3.63) is 29.8 Å². The Morgan fingerprint density at radius 1 is 1.24 bits per heavy atom. The molecule has 3 nitrogen and oxygen atoms in total. The third-order valence-electron chi connectivity index (χ3n) is 2.99. The summed E-state index contributed by atoms with van der Waals surface area (Å²) in [6.07, 6.45) is 1.05. The van der Waals surface area contributed by atoms with E-state index in [0.29, 0.717) is 11.8 Å². The number of benzene rings is 1. The molecule has 0 aliphatic carbocycles. The Balaban J connectivity index is 2.60. The largest absolute Gasteiger partial charge is 0.508 e. The van der Waals surface area contributed by atoms with Crippen LogP contribution in [0.2, 0.25) is 0 Å². The first kappa shape index (κ1) is 14.0. The van der Waals surface area contributed by atoms with Gasteiger partial charge in [-0.3, -0.25) is 4.90 Å². The van der Waals surface area contributed by atoms with Crippen LogP contribution in [0.15, 0.2) is 24.3 Å². The van der Waals surface area contributed by atoms with Crippen molar-refractivity contribution in [1.29, 1.82) is 0 Å². The number of hydrogen-bond donors (Lipinski definition) is 1. The molecule has 0 spiro atoms. The molecular weight excluding hydrogens is 214 g/mol. The summed E-state index contributed by atoms with van der Waals surface area (Å²) >= 11 is 0. The third kappa shape index (κ3) is 4.36. The van der Waals surface area contributed by atoms with Crippen LogP contribution in [0.25, 0.3) is 0 Å². The van der Waals surface area contributed by atoms with E-state index in [1.54, 1.807) is 12.1 Å². The lowest BCUT2D eigenvalue weighted by Crippen LogP contribution is -2.27. The summed E-state index contributed by atoms with van der Waals surface area (Å²) in [6.45, 7) is 6.64. The molecule has 3 heteroatoms. The van der Waals surface area contributed by atoms with Gasteiger partial charge < -0.3 is 9.84 Å². The van der Waals surface area contributed by atoms with Crippen molar-refractivity contribution in [1.82, 2.24) is 4.90 Å². The summed E-state index contributed by atoms with van der Waals surface area (Å²) < 4.78 is 5.37. The van der Waals surface area contributed by atoms with Crippen molar-refractivity contribution in [3.8, 4) is 5.75 Å². The number of nitrogens with zero attached hydrogens (tertiary/aromatic N) is 1. The van der Waals surface area contributed by atoms with Gasteiger partial charge in [-0.1, -0.05) is 19.1 Å². The molecule has 0 fully saturated rings. The summed E-state index contributed by atoms with van der Waals surface area (Å²) in [5.74, 6) is 0.320. The van der Waals surface area contributed by atoms with Crippen molar-refractivity contribution in [2.75, 3.05) is 26.8 Å². The minimum absolute atomic E-state index is 0.320. The number of phenols is 1. The van der Waals surface area contributed by atoms with E-state index < -0.39 is 0 Å². The van der Waals surface area contributed by atoms with Gasteiger partial charge in [0, 0.05) is 19.2 Å². The van der Waals surface area contributed by atoms with Gasteiger partial charge in [0.1, 0.15) is 5.75 Å². The predicted molar refractivity (Wildman–Crippen MR) is 70.3 cm³/mol. The molecule has 1 atom stereocenters. The molecule has 0 saturated carbocycles. The van der Waals surface area contributed by atoms with E-state index in [-0.39, 0.29) is 0 Å². The monoisotopic (exact) mass is 237 g/mol. The lowest BCUT2D eigenvalue weighted by molar-refractivity contribution is 0.106. The van der Waals surface area contributed by atoms with E-state index in [0.717, 1.165) is 26.2 Å². The molecule has 96 valence electrons. The van der Waals surface area contributed by atoms with Gasteiger partial charge in [-0.2, -0.15) is 0 Å². The van der Waals surface area contributed by atoms with Gasteiger partial charge in [0.2, 0.25) is 0 Å². The number of rotatable bonds is 7. The Bertz CT molecular complexity index is 311. The zero-order chi connectivity index (χ0) is 12.7. The maximum Gasteiger partial charge on any atom is 0.115 e. The molecule has 0 aliphatic rings. The van der Waals surface area contributed by atoms with Gasteiger partial charge in [0.05, 0.1) is 6.61 Å². The molecule has 0 saturated heterocycles. The Morgan fingerprint density at radius 3 is 2.41 bits per heavy atom. The molecule has 0 amide bonds. The maximum absolute atomic E-state index is 9.29. The smallest absolute Gasteiger partial charge is 0.115 e. The minimum Gasteiger partial charge on any atom is -0.508 e. The molecule has 1 rings (SSSR count). The first-order valence-electron chi connectivity index (χ1n) is 6.26. The number of hydrogen-bond acceptors (Lipinski definition) is 3. The zero-order valence-electron chi connectivity index (χ0n) is 11.0. The van der Waals surface area contributed by atoms with Gasteiger partial charge in [0.15, 0.2) is 0 Å². The summed E-state index contributed by atoms with van der Waals surface area (Å²) in [5.41, 5.74) is 1.24. The Morgan fingerprint density at radius 2 is 1.88 bits per heavy atom. The quantitative estimate of drug-likeness (QED) is 0.740. The molecule has 17 heavy (non-hydrogen) atoms. The number of phenolic OH excluding ortho intramolecular Hbond substituents is 1. The second-order valence-electron chi connectivity index (χ2n) is 4.19. The van der Waals surface area contributed by atoms with Crippen LogP contribution < -0.4 is 0 Å². The average molecular weight is 237 g/mol. The van der Waals surface area contributed by atoms with Crippen molar-refractivity contribution in [2.45, 2.75) is 26.3 Å². The summed E-state index contributed by atoms with van der Waals surface area (Å²) in [6, 6.07) is 7.85. The Labute approximate surface area is 104 Å². The van der Waals surface area contributed by atoms with Gasteiger partial charge >= 0.3 is 0 Å². The van der Waals surface area contributed by atoms with E-state index in [1.165, 1.54) is 5.56 Å². The van der Waals surface area contributed by atoms with Gasteiger partial charge in [0.25, 0.3) is 0 Å². The molecular formula is C14H23NO2. The molecule has 1 unspecified atom stereocenters. The Hall–Kier alpha value is -1.06. The lowest BCUT2D eigenvalue weighted by atomic mass is 10.0. The minimum atomic E-state index is 0.320. The number of likely N-dealkylation sites (N-methyl/N-ethyl adjacent to an activating group) is 1. The molecule has 0 aliphatic heterocycles. The normalized spacial score (nSPS) is 12.9. The highest BCUT2D eigenvalue weighted by molar-refractivity contribution is 5.28. The highest BCUT2D eigenvalue weighted by Gasteiger charge is 2.14. The van der Waals surface area contributed by atoms with E-state index in [2.05, 4.69) is 18.9 Å². The van der Waals surface area contributed by atoms with Crippen molar-refractivity contribution >= 4 is 0 Å². The second-order valence-corrected chi connectivity index (χ2v) is 4.19. The fourth-order valence-corrected chi connectivity index (χ4v) is 2.01. The first-order valence-corrected chi connectivity index (χ1v) is 6.26. The highest BCUT2D eigenvalue weighted by atomic mass is 16.5. The predicted octanol–water partition coefficient (Wildman–Crippen LogP) is 2.81. The molecule has 0 heterocycles. The van der Waals surface area contributed by atoms with Crippen molar-refractivity contribution in [2.24, 2.45) is 0 Å². The second kappa shape index (κ2) is 7.30. The molecule has 1 aromatic rings. The van der Waals surface area contributed by atoms with Gasteiger partial charge in [-0.15, -0.1) is 0 Å². The van der Waals surface area contributed by atoms with Crippen LogP contribution >= 0.6 is 0 Å². The van der Waals surface area contributed by atoms with E-state index in [4.69, 9.17) is 4.74 Å². The summed E-state index contributed by atoms with van der Waals surface area (Å²) in [5, 5.41) is 9.29. The number of ether oxygens (including phenoxy) is 1. The van der Waals surface area contributed by atoms with Crippen LogP contribution in [-0.4, -0.2) is 36.8 Å². The lowest BCUT2D eigenvalue weighted by Gasteiger charge is -2.27. The average Bonchev–Trinajstić information content (AvgIpc) is 2.33. The fraction of sp³-hybridized carbons (Fsp3) is 0.571. The highest BCUT2D eigenvalue weighted by Crippen LogP contribution is 2.24. The topological polar surface area (TPSA) is 32.7 Å². The Kier molecular flexibility index (Phi) is 6.01. The maximum atomic E-state index is 9.29. The van der Waals surface area contributed by atoms with Crippen LogP contribution in [0, 0.1) is 0 Å². The third-order valence-corrected chi connectivity index (χ3v) is 2.99. The first-order chi connectivity index (χ1) is 8.19. The van der Waals surface area contributed by atoms with Crippen LogP contribution in [0.3, 0.4) is 0 Å². The summed E-state index contributed by atoms with van der Waals surface area (Å²) in [7, 11) is 2.11. The molecule has 0 radical (unpaired) electrons. The fourth-order valence-electron chi connectivity index (χ4n) is 2.01. The van der Waals surface area contributed by atoms with Crippen molar-refractivity contribution < 1.29 is 9.84 Å².